The highest BCUT2D eigenvalue weighted by molar-refractivity contribution is 7.90. The Kier molecular flexibility index (Phi) is 3.72. The molecule has 0 fully saturated rings. The number of ether oxygens (including phenoxy) is 1. The predicted molar refractivity (Wildman–Crippen MR) is 101 cm³/mol. The highest BCUT2D eigenvalue weighted by atomic mass is 32.2. The molecule has 1 aromatic heterocycles. The molecule has 0 aliphatic carbocycles. The summed E-state index contributed by atoms with van der Waals surface area (Å²) < 4.78 is 29.3. The first kappa shape index (κ1) is 16.0. The van der Waals surface area contributed by atoms with E-state index in [0.717, 1.165) is 44.8 Å². The van der Waals surface area contributed by atoms with Crippen molar-refractivity contribution in [3.05, 3.63) is 53.2 Å². The monoisotopic (exact) mass is 356 g/mol. The third-order valence-corrected chi connectivity index (χ3v) is 6.27. The Bertz CT molecular complexity index is 1070. The normalized spacial score (nSPS) is 15.8. The van der Waals surface area contributed by atoms with Crippen LogP contribution in [0.4, 0.5) is 11.4 Å². The van der Waals surface area contributed by atoms with Crippen molar-refractivity contribution < 1.29 is 13.2 Å². The summed E-state index contributed by atoms with van der Waals surface area (Å²) in [6.07, 6.45) is 0.560. The number of nitrogens with one attached hydrogen (secondary N) is 2. The molecule has 2 N–H and O–H groups in total. The largest absolute Gasteiger partial charge is 0.496 e. The summed E-state index contributed by atoms with van der Waals surface area (Å²) in [6, 6.07) is 12.0. The number of H-pyrrole nitrogens is 1. The molecule has 2 heterocycles. The number of sulfone groups is 1. The van der Waals surface area contributed by atoms with Crippen molar-refractivity contribution in [3.63, 3.8) is 0 Å². The molecule has 3 aromatic rings. The Labute approximate surface area is 146 Å². The van der Waals surface area contributed by atoms with Crippen molar-refractivity contribution in [1.29, 1.82) is 0 Å². The van der Waals surface area contributed by atoms with Gasteiger partial charge in [0.1, 0.15) is 5.75 Å². The third kappa shape index (κ3) is 2.98. The van der Waals surface area contributed by atoms with Crippen LogP contribution in [0, 0.1) is 6.92 Å². The maximum Gasteiger partial charge on any atom is 0.154 e. The van der Waals surface area contributed by atoms with E-state index in [0.29, 0.717) is 6.42 Å². The van der Waals surface area contributed by atoms with Crippen molar-refractivity contribution in [2.75, 3.05) is 18.2 Å². The summed E-state index contributed by atoms with van der Waals surface area (Å²) >= 11 is 0. The van der Waals surface area contributed by atoms with E-state index in [-0.39, 0.29) is 11.5 Å². The van der Waals surface area contributed by atoms with Gasteiger partial charge in [0.2, 0.25) is 0 Å². The Morgan fingerprint density at radius 2 is 1.88 bits per heavy atom. The molecule has 0 unspecified atom stereocenters. The molecule has 0 amide bonds. The van der Waals surface area contributed by atoms with E-state index in [1.54, 1.807) is 7.11 Å². The molecule has 0 saturated heterocycles. The minimum absolute atomic E-state index is 0.115. The molecule has 0 radical (unpaired) electrons. The fourth-order valence-electron chi connectivity index (χ4n) is 3.37. The zero-order valence-corrected chi connectivity index (χ0v) is 15.0. The first-order valence-corrected chi connectivity index (χ1v) is 10.0. The summed E-state index contributed by atoms with van der Waals surface area (Å²) in [6.45, 7) is 2.00. The van der Waals surface area contributed by atoms with Crippen LogP contribution in [0.5, 0.6) is 5.75 Å². The van der Waals surface area contributed by atoms with Crippen LogP contribution >= 0.6 is 0 Å². The van der Waals surface area contributed by atoms with Gasteiger partial charge in [0, 0.05) is 40.5 Å². The van der Waals surface area contributed by atoms with E-state index in [1.807, 2.05) is 43.3 Å². The Morgan fingerprint density at radius 3 is 2.68 bits per heavy atom. The van der Waals surface area contributed by atoms with Crippen molar-refractivity contribution in [2.24, 2.45) is 0 Å². The topological polar surface area (TPSA) is 71.2 Å². The van der Waals surface area contributed by atoms with Crippen molar-refractivity contribution >= 4 is 32.1 Å². The maximum atomic E-state index is 12.0. The Morgan fingerprint density at radius 1 is 1.12 bits per heavy atom. The van der Waals surface area contributed by atoms with Gasteiger partial charge in [0.15, 0.2) is 9.84 Å². The van der Waals surface area contributed by atoms with Crippen LogP contribution in [0.15, 0.2) is 36.4 Å². The fourth-order valence-corrected chi connectivity index (χ4v) is 4.80. The molecular formula is C19H20N2O3S. The average molecular weight is 356 g/mol. The van der Waals surface area contributed by atoms with Gasteiger partial charge < -0.3 is 15.0 Å². The number of rotatable bonds is 3. The van der Waals surface area contributed by atoms with Gasteiger partial charge in [-0.1, -0.05) is 6.07 Å². The van der Waals surface area contributed by atoms with Crippen molar-refractivity contribution in [3.8, 4) is 5.75 Å². The summed E-state index contributed by atoms with van der Waals surface area (Å²) in [5.74, 6) is 1.17. The predicted octanol–water partition coefficient (Wildman–Crippen LogP) is 3.70. The van der Waals surface area contributed by atoms with Crippen LogP contribution in [0.3, 0.4) is 0 Å². The zero-order chi connectivity index (χ0) is 17.6. The first-order valence-electron chi connectivity index (χ1n) is 8.21. The van der Waals surface area contributed by atoms with E-state index in [2.05, 4.69) is 10.3 Å². The maximum absolute atomic E-state index is 12.0. The second-order valence-corrected chi connectivity index (χ2v) is 8.68. The number of fused-ring (bicyclic) bond motifs is 3. The van der Waals surface area contributed by atoms with Crippen molar-refractivity contribution in [1.82, 2.24) is 4.98 Å². The lowest BCUT2D eigenvalue weighted by Gasteiger charge is -2.13. The molecule has 25 heavy (non-hydrogen) atoms. The first-order chi connectivity index (χ1) is 11.9. The number of hydrogen-bond donors (Lipinski definition) is 2. The van der Waals surface area contributed by atoms with E-state index >= 15 is 0 Å². The van der Waals surface area contributed by atoms with Crippen molar-refractivity contribution in [2.45, 2.75) is 19.1 Å². The molecule has 2 aromatic carbocycles. The highest BCUT2D eigenvalue weighted by Gasteiger charge is 2.25. The number of benzene rings is 2. The molecular weight excluding hydrogens is 336 g/mol. The number of aromatic nitrogens is 1. The number of hydrogen-bond acceptors (Lipinski definition) is 4. The van der Waals surface area contributed by atoms with Crippen LogP contribution < -0.4 is 10.1 Å². The Hall–Kier alpha value is -2.47. The third-order valence-electron chi connectivity index (χ3n) is 4.72. The van der Waals surface area contributed by atoms with Crippen LogP contribution in [0.25, 0.3) is 10.9 Å². The summed E-state index contributed by atoms with van der Waals surface area (Å²) in [7, 11) is -1.34. The molecule has 130 valence electrons. The molecule has 4 rings (SSSR count). The smallest absolute Gasteiger partial charge is 0.154 e. The summed E-state index contributed by atoms with van der Waals surface area (Å²) in [4.78, 5) is 3.36. The quantitative estimate of drug-likeness (QED) is 0.751. The molecule has 0 spiro atoms. The molecule has 6 heteroatoms. The number of aryl methyl sites for hydroxylation is 2. The standard InChI is InChI=1S/C19H20N2O3S/c1-12-3-4-14(10-19(12)24-2)20-13-5-6-17-15(9-13)16-11-25(22,23)8-7-18(16)21-17/h3-6,9-10,20-21H,7-8,11H2,1-2H3. The van der Waals surface area contributed by atoms with E-state index < -0.39 is 9.84 Å². The average Bonchev–Trinajstić information content (AvgIpc) is 2.93. The van der Waals surface area contributed by atoms with Gasteiger partial charge in [-0.2, -0.15) is 0 Å². The van der Waals surface area contributed by atoms with E-state index in [9.17, 15) is 8.42 Å². The molecule has 0 bridgehead atoms. The van der Waals surface area contributed by atoms with E-state index in [1.165, 1.54) is 0 Å². The Balaban J connectivity index is 1.72. The lowest BCUT2D eigenvalue weighted by molar-refractivity contribution is 0.412. The molecule has 0 saturated carbocycles. The number of methoxy groups -OCH3 is 1. The van der Waals surface area contributed by atoms with Gasteiger partial charge in [-0.3, -0.25) is 0 Å². The van der Waals surface area contributed by atoms with Gasteiger partial charge in [0.25, 0.3) is 0 Å². The number of aromatic amines is 1. The zero-order valence-electron chi connectivity index (χ0n) is 14.2. The lowest BCUT2D eigenvalue weighted by Crippen LogP contribution is -2.18. The summed E-state index contributed by atoms with van der Waals surface area (Å²) in [5, 5.41) is 4.35. The number of anilines is 2. The van der Waals surface area contributed by atoms with Gasteiger partial charge in [-0.05, 0) is 42.3 Å². The molecule has 1 aliphatic rings. The van der Waals surface area contributed by atoms with Crippen LogP contribution in [0.2, 0.25) is 0 Å². The lowest BCUT2D eigenvalue weighted by atomic mass is 10.1. The molecule has 0 atom stereocenters. The van der Waals surface area contributed by atoms with E-state index in [4.69, 9.17) is 4.74 Å². The highest BCUT2D eigenvalue weighted by Crippen LogP contribution is 2.32. The minimum Gasteiger partial charge on any atom is -0.496 e. The van der Waals surface area contributed by atoms with Crippen LogP contribution in [0.1, 0.15) is 16.8 Å². The van der Waals surface area contributed by atoms with Gasteiger partial charge in [0.05, 0.1) is 18.6 Å². The van der Waals surface area contributed by atoms with Crippen LogP contribution in [-0.4, -0.2) is 26.3 Å². The van der Waals surface area contributed by atoms with Gasteiger partial charge in [-0.25, -0.2) is 8.42 Å². The fraction of sp³-hybridized carbons (Fsp3) is 0.263. The molecule has 5 nitrogen and oxygen atoms in total. The second-order valence-electron chi connectivity index (χ2n) is 6.49. The second kappa shape index (κ2) is 5.81. The van der Waals surface area contributed by atoms with Gasteiger partial charge >= 0.3 is 0 Å². The SMILES string of the molecule is COc1cc(Nc2ccc3[nH]c4c(c3c2)CS(=O)(=O)CC4)ccc1C. The molecule has 1 aliphatic heterocycles. The summed E-state index contributed by atoms with van der Waals surface area (Å²) in [5.41, 5.74) is 5.86. The van der Waals surface area contributed by atoms with Gasteiger partial charge in [-0.15, -0.1) is 0 Å². The minimum atomic E-state index is -3.00. The van der Waals surface area contributed by atoms with Crippen LogP contribution in [-0.2, 0) is 22.0 Å².